The standard InChI is InChI=1S/C36H38N4O8.Pt/c1-17-21(5-9-33(41)42)29-14-26-19(3)23(7-11-35(45)46)31(39-26)16-28-20(4)24(8-12-36(47)48)32(40-28)15-27-18(2)22(6-10-34(43)44)30(38-27)13-25(17)37-29;/h13-16H,5-12H2,1-4H3,(H6,37,38,39,40,41,42,43,44,45,46,47,48);/q;+2/p-2. The molecule has 0 amide bonds. The van der Waals surface area contributed by atoms with Crippen molar-refractivity contribution >= 4 is 68.2 Å². The first kappa shape index (κ1) is 37.0. The third-order valence-corrected chi connectivity index (χ3v) is 9.00. The molecule has 0 unspecified atom stereocenters. The third-order valence-electron chi connectivity index (χ3n) is 9.00. The predicted octanol–water partition coefficient (Wildman–Crippen LogP) is 5.81. The maximum absolute atomic E-state index is 11.6. The normalized spacial score (nSPS) is 12.7. The summed E-state index contributed by atoms with van der Waals surface area (Å²) in [5.41, 5.74) is 10.3. The molecule has 0 fully saturated rings. The molecule has 0 aromatic carbocycles. The van der Waals surface area contributed by atoms with Gasteiger partial charge in [-0.2, -0.15) is 0 Å². The van der Waals surface area contributed by atoms with Crippen LogP contribution in [0.25, 0.3) is 44.4 Å². The first-order chi connectivity index (χ1) is 22.7. The molecule has 0 saturated heterocycles. The second-order valence-corrected chi connectivity index (χ2v) is 12.1. The van der Waals surface area contributed by atoms with Crippen LogP contribution in [0, 0.1) is 13.8 Å². The van der Waals surface area contributed by atoms with E-state index in [4.69, 9.17) is 19.9 Å². The van der Waals surface area contributed by atoms with E-state index in [1.807, 2.05) is 27.7 Å². The molecule has 13 heteroatoms. The molecule has 12 nitrogen and oxygen atoms in total. The number of aliphatic carboxylic acids is 4. The van der Waals surface area contributed by atoms with Crippen LogP contribution in [0.2, 0.25) is 0 Å². The molecule has 49 heavy (non-hydrogen) atoms. The van der Waals surface area contributed by atoms with Crippen LogP contribution in [-0.4, -0.2) is 54.3 Å². The molecular weight excluding hydrogens is 811 g/mol. The van der Waals surface area contributed by atoms with E-state index in [1.54, 1.807) is 24.3 Å². The van der Waals surface area contributed by atoms with Crippen molar-refractivity contribution in [3.8, 4) is 0 Å². The quantitative estimate of drug-likeness (QED) is 0.171. The van der Waals surface area contributed by atoms with Gasteiger partial charge in [0.05, 0.1) is 22.8 Å². The number of nitrogens with zero attached hydrogens (tertiary/aromatic N) is 4. The molecule has 0 aliphatic carbocycles. The Morgan fingerprint density at radius 1 is 0.510 bits per heavy atom. The van der Waals surface area contributed by atoms with Crippen LogP contribution >= 0.6 is 0 Å². The van der Waals surface area contributed by atoms with Gasteiger partial charge in [-0.05, 0) is 75.7 Å². The van der Waals surface area contributed by atoms with Crippen LogP contribution in [0.5, 0.6) is 0 Å². The van der Waals surface area contributed by atoms with Crippen LogP contribution in [-0.2, 0) is 53.1 Å². The van der Waals surface area contributed by atoms with E-state index in [1.165, 1.54) is 0 Å². The molecule has 3 aromatic rings. The molecule has 0 saturated carbocycles. The number of hydrogen-bond acceptors (Lipinski definition) is 6. The molecule has 5 heterocycles. The van der Waals surface area contributed by atoms with E-state index in [0.717, 1.165) is 44.5 Å². The average molecular weight is 848 g/mol. The van der Waals surface area contributed by atoms with Crippen LogP contribution < -0.4 is 9.97 Å². The summed E-state index contributed by atoms with van der Waals surface area (Å²) in [7, 11) is 0. The van der Waals surface area contributed by atoms with E-state index >= 15 is 0 Å². The fraction of sp³-hybridized carbons (Fsp3) is 0.333. The van der Waals surface area contributed by atoms with E-state index in [-0.39, 0.29) is 72.4 Å². The Kier molecular flexibility index (Phi) is 11.4. The predicted molar refractivity (Wildman–Crippen MR) is 179 cm³/mol. The van der Waals surface area contributed by atoms with Gasteiger partial charge in [-0.25, -0.2) is 9.97 Å². The Bertz CT molecular complexity index is 1960. The van der Waals surface area contributed by atoms with Crippen molar-refractivity contribution in [1.29, 1.82) is 0 Å². The summed E-state index contributed by atoms with van der Waals surface area (Å²) >= 11 is 0. The number of carboxylic acids is 4. The SMILES string of the molecule is CC1=C(CCC(=O)O)c2cc3[n-]c(cc4nc(cc5[n-]c(cc1n2)c(CCC(=O)O)c5C)C(CCC(=O)O)=C4C)c(CCC(=O)O)c3C.[Pt+2]. The van der Waals surface area contributed by atoms with Crippen LogP contribution in [0.1, 0.15) is 97.4 Å². The van der Waals surface area contributed by atoms with Gasteiger partial charge in [-0.15, -0.1) is 22.1 Å². The monoisotopic (exact) mass is 847 g/mol. The second-order valence-electron chi connectivity index (χ2n) is 12.1. The molecule has 2 aliphatic rings. The summed E-state index contributed by atoms with van der Waals surface area (Å²) in [6.07, 6.45) is 0.401. The maximum Gasteiger partial charge on any atom is 2.00 e. The Hall–Kier alpha value is -4.83. The summed E-state index contributed by atoms with van der Waals surface area (Å²) in [5, 5.41) is 37.9. The molecule has 8 bridgehead atoms. The van der Waals surface area contributed by atoms with Crippen LogP contribution in [0.4, 0.5) is 0 Å². The molecular formula is C36H36N4O8Pt. The van der Waals surface area contributed by atoms with Crippen LogP contribution in [0.3, 0.4) is 0 Å². The number of aromatic nitrogens is 4. The molecule has 2 aliphatic heterocycles. The minimum absolute atomic E-state index is 0. The van der Waals surface area contributed by atoms with Gasteiger partial charge in [-0.1, -0.05) is 46.5 Å². The minimum Gasteiger partial charge on any atom is -0.657 e. The van der Waals surface area contributed by atoms with Gasteiger partial charge in [0.15, 0.2) is 0 Å². The van der Waals surface area contributed by atoms with Gasteiger partial charge >= 0.3 is 44.9 Å². The summed E-state index contributed by atoms with van der Waals surface area (Å²) < 4.78 is 0. The van der Waals surface area contributed by atoms with Crippen molar-refractivity contribution < 1.29 is 60.7 Å². The number of carboxylic acid groups (broad SMARTS) is 4. The zero-order valence-electron chi connectivity index (χ0n) is 27.5. The molecule has 0 radical (unpaired) electrons. The smallest absolute Gasteiger partial charge is 0.657 e. The van der Waals surface area contributed by atoms with Gasteiger partial charge in [0.25, 0.3) is 0 Å². The number of carbonyl (C=O) groups is 4. The first-order valence-corrected chi connectivity index (χ1v) is 15.6. The Balaban J connectivity index is 0.00000541. The number of fused-ring (bicyclic) bond motifs is 8. The van der Waals surface area contributed by atoms with Crippen LogP contribution in [0.15, 0.2) is 24.3 Å². The largest absolute Gasteiger partial charge is 2.00 e. The van der Waals surface area contributed by atoms with Crippen molar-refractivity contribution in [1.82, 2.24) is 19.9 Å². The molecule has 4 N–H and O–H groups in total. The van der Waals surface area contributed by atoms with Crippen molar-refractivity contribution in [2.75, 3.05) is 0 Å². The van der Waals surface area contributed by atoms with Gasteiger partial charge in [0, 0.05) is 25.7 Å². The second kappa shape index (κ2) is 15.2. The van der Waals surface area contributed by atoms with Gasteiger partial charge in [0.2, 0.25) is 0 Å². The fourth-order valence-corrected chi connectivity index (χ4v) is 6.26. The maximum atomic E-state index is 11.6. The van der Waals surface area contributed by atoms with Crippen molar-refractivity contribution in [2.45, 2.75) is 79.1 Å². The number of rotatable bonds is 12. The number of hydrogen-bond donors (Lipinski definition) is 4. The summed E-state index contributed by atoms with van der Waals surface area (Å²) in [4.78, 5) is 65.9. The summed E-state index contributed by atoms with van der Waals surface area (Å²) in [5.74, 6) is -3.82. The zero-order chi connectivity index (χ0) is 34.9. The zero-order valence-corrected chi connectivity index (χ0v) is 29.8. The van der Waals surface area contributed by atoms with E-state index < -0.39 is 23.9 Å². The topological polar surface area (TPSA) is 203 Å². The van der Waals surface area contributed by atoms with Crippen molar-refractivity contribution in [2.24, 2.45) is 0 Å². The molecule has 258 valence electrons. The number of aryl methyl sites for hydroxylation is 4. The Morgan fingerprint density at radius 3 is 1.14 bits per heavy atom. The summed E-state index contributed by atoms with van der Waals surface area (Å²) in [6, 6.07) is 7.14. The number of allylic oxidation sites excluding steroid dienone is 4. The molecule has 3 aromatic heterocycles. The van der Waals surface area contributed by atoms with Gasteiger partial charge in [0.1, 0.15) is 0 Å². The Labute approximate surface area is 296 Å². The van der Waals surface area contributed by atoms with E-state index in [2.05, 4.69) is 0 Å². The molecule has 5 rings (SSSR count). The van der Waals surface area contributed by atoms with Crippen molar-refractivity contribution in [3.05, 3.63) is 69.3 Å². The van der Waals surface area contributed by atoms with Gasteiger partial charge in [-0.3, -0.25) is 19.2 Å². The fourth-order valence-electron chi connectivity index (χ4n) is 6.26. The summed E-state index contributed by atoms with van der Waals surface area (Å²) in [6.45, 7) is 7.43. The van der Waals surface area contributed by atoms with Gasteiger partial charge < -0.3 is 30.4 Å². The minimum atomic E-state index is -0.954. The molecule has 0 atom stereocenters. The van der Waals surface area contributed by atoms with E-state index in [0.29, 0.717) is 44.8 Å². The van der Waals surface area contributed by atoms with E-state index in [9.17, 15) is 39.6 Å². The molecule has 0 spiro atoms. The Morgan fingerprint density at radius 2 is 0.816 bits per heavy atom. The average Bonchev–Trinajstić information content (AvgIpc) is 3.66. The van der Waals surface area contributed by atoms with Crippen molar-refractivity contribution in [3.63, 3.8) is 0 Å². The first-order valence-electron chi connectivity index (χ1n) is 15.6. The third kappa shape index (κ3) is 8.08.